The SMILES string of the molecule is CN1CC(=O)N(C)[C@H](Cc2ccccc2)COc2ccccc2C(=O)N[C@H](C(=O)NCc2cccc(CN3CCCC3=O)c2)CCC1=O. The van der Waals surface area contributed by atoms with Gasteiger partial charge in [-0.3, -0.25) is 24.0 Å². The van der Waals surface area contributed by atoms with Gasteiger partial charge in [0, 0.05) is 46.6 Å². The number of hydrogen-bond donors (Lipinski definition) is 2. The summed E-state index contributed by atoms with van der Waals surface area (Å²) in [4.78, 5) is 70.6. The maximum Gasteiger partial charge on any atom is 0.255 e. The van der Waals surface area contributed by atoms with Crippen molar-refractivity contribution < 1.29 is 28.7 Å². The zero-order valence-corrected chi connectivity index (χ0v) is 27.5. The van der Waals surface area contributed by atoms with Crippen molar-refractivity contribution in [3.63, 3.8) is 0 Å². The molecule has 0 spiro atoms. The summed E-state index contributed by atoms with van der Waals surface area (Å²) in [6.45, 7) is 1.42. The summed E-state index contributed by atoms with van der Waals surface area (Å²) >= 11 is 0. The first-order chi connectivity index (χ1) is 23.2. The van der Waals surface area contributed by atoms with E-state index in [9.17, 15) is 24.0 Å². The number of fused-ring (bicyclic) bond motifs is 1. The minimum Gasteiger partial charge on any atom is -0.491 e. The first kappa shape index (κ1) is 34.2. The van der Waals surface area contributed by atoms with E-state index in [0.717, 1.165) is 29.7 Å². The van der Waals surface area contributed by atoms with Gasteiger partial charge in [-0.25, -0.2) is 0 Å². The van der Waals surface area contributed by atoms with Gasteiger partial charge >= 0.3 is 0 Å². The quantitative estimate of drug-likeness (QED) is 0.404. The van der Waals surface area contributed by atoms with Crippen molar-refractivity contribution in [3.8, 4) is 5.75 Å². The highest BCUT2D eigenvalue weighted by Crippen LogP contribution is 2.21. The van der Waals surface area contributed by atoms with Crippen LogP contribution in [0.1, 0.15) is 52.7 Å². The van der Waals surface area contributed by atoms with Gasteiger partial charge in [-0.1, -0.05) is 66.7 Å². The molecule has 2 aliphatic heterocycles. The zero-order valence-electron chi connectivity index (χ0n) is 27.5. The fraction of sp³-hybridized carbons (Fsp3) is 0.378. The van der Waals surface area contributed by atoms with Crippen LogP contribution in [-0.2, 0) is 38.7 Å². The second kappa shape index (κ2) is 16.1. The number of benzene rings is 3. The van der Waals surface area contributed by atoms with Gasteiger partial charge in [-0.05, 0) is 48.1 Å². The highest BCUT2D eigenvalue weighted by molar-refractivity contribution is 5.99. The molecule has 0 unspecified atom stereocenters. The van der Waals surface area contributed by atoms with Crippen molar-refractivity contribution in [1.82, 2.24) is 25.3 Å². The monoisotopic (exact) mass is 653 g/mol. The van der Waals surface area contributed by atoms with Gasteiger partial charge in [0.25, 0.3) is 5.91 Å². The predicted octanol–water partition coefficient (Wildman–Crippen LogP) is 2.92. The van der Waals surface area contributed by atoms with Crippen LogP contribution in [-0.4, -0.2) is 90.1 Å². The third-order valence-electron chi connectivity index (χ3n) is 8.89. The van der Waals surface area contributed by atoms with Gasteiger partial charge in [0.1, 0.15) is 18.4 Å². The highest BCUT2D eigenvalue weighted by Gasteiger charge is 2.28. The van der Waals surface area contributed by atoms with E-state index in [0.29, 0.717) is 25.1 Å². The molecule has 1 fully saturated rings. The molecular weight excluding hydrogens is 610 g/mol. The summed E-state index contributed by atoms with van der Waals surface area (Å²) in [7, 11) is 3.25. The molecule has 2 aliphatic rings. The number of carbonyl (C=O) groups excluding carboxylic acids is 5. The first-order valence-corrected chi connectivity index (χ1v) is 16.4. The summed E-state index contributed by atoms with van der Waals surface area (Å²) in [6.07, 6.45) is 1.91. The van der Waals surface area contributed by atoms with Gasteiger partial charge in [-0.15, -0.1) is 0 Å². The zero-order chi connectivity index (χ0) is 34.0. The van der Waals surface area contributed by atoms with Gasteiger partial charge in [0.2, 0.25) is 23.6 Å². The Morgan fingerprint density at radius 2 is 1.58 bits per heavy atom. The summed E-state index contributed by atoms with van der Waals surface area (Å²) in [5.41, 5.74) is 3.07. The molecule has 3 aromatic rings. The summed E-state index contributed by atoms with van der Waals surface area (Å²) in [6, 6.07) is 22.8. The molecular formula is C37H43N5O6. The second-order valence-corrected chi connectivity index (χ2v) is 12.4. The van der Waals surface area contributed by atoms with E-state index in [2.05, 4.69) is 10.6 Å². The van der Waals surface area contributed by atoms with Crippen LogP contribution in [0.15, 0.2) is 78.9 Å². The lowest BCUT2D eigenvalue weighted by Gasteiger charge is -2.30. The molecule has 0 radical (unpaired) electrons. The average molecular weight is 654 g/mol. The fourth-order valence-electron chi connectivity index (χ4n) is 5.97. The minimum atomic E-state index is -1.03. The van der Waals surface area contributed by atoms with E-state index in [1.54, 1.807) is 43.3 Å². The molecule has 0 aliphatic carbocycles. The Morgan fingerprint density at radius 3 is 2.35 bits per heavy atom. The number of carbonyl (C=O) groups is 5. The molecule has 2 atom stereocenters. The molecule has 0 aromatic heterocycles. The van der Waals surface area contributed by atoms with Gasteiger partial charge in [0.05, 0.1) is 18.2 Å². The topological polar surface area (TPSA) is 128 Å². The van der Waals surface area contributed by atoms with E-state index in [4.69, 9.17) is 4.74 Å². The van der Waals surface area contributed by atoms with Crippen LogP contribution in [0, 0.1) is 0 Å². The number of para-hydroxylation sites is 1. The van der Waals surface area contributed by atoms with Gasteiger partial charge < -0.3 is 30.1 Å². The van der Waals surface area contributed by atoms with Crippen LogP contribution >= 0.6 is 0 Å². The molecule has 0 bridgehead atoms. The Kier molecular flexibility index (Phi) is 11.4. The molecule has 3 aromatic carbocycles. The smallest absolute Gasteiger partial charge is 0.255 e. The number of nitrogens with zero attached hydrogens (tertiary/aromatic N) is 3. The molecule has 2 N–H and O–H groups in total. The Morgan fingerprint density at radius 1 is 0.854 bits per heavy atom. The standard InChI is InChI=1S/C37H43N5O6/c1-40-24-35(45)41(2)29(21-26-10-4-3-5-11-26)25-48-32-15-7-6-14-30(32)36(46)39-31(17-18-33(40)43)37(47)38-22-27-12-8-13-28(20-27)23-42-19-9-16-34(42)44/h3-8,10-15,20,29,31H,9,16-19,21-25H2,1-2H3,(H,38,47)(H,39,46)/t29-,31+/m1/s1. The largest absolute Gasteiger partial charge is 0.491 e. The number of amides is 5. The number of nitrogens with one attached hydrogen (secondary N) is 2. The third-order valence-corrected chi connectivity index (χ3v) is 8.89. The lowest BCUT2D eigenvalue weighted by molar-refractivity contribution is -0.140. The van der Waals surface area contributed by atoms with Gasteiger partial charge in [0.15, 0.2) is 0 Å². The van der Waals surface area contributed by atoms with Crippen LogP contribution < -0.4 is 15.4 Å². The molecule has 11 nitrogen and oxygen atoms in total. The fourth-order valence-corrected chi connectivity index (χ4v) is 5.97. The van der Waals surface area contributed by atoms with Crippen molar-refractivity contribution in [2.24, 2.45) is 0 Å². The molecule has 11 heteroatoms. The summed E-state index contributed by atoms with van der Waals surface area (Å²) < 4.78 is 6.19. The van der Waals surface area contributed by atoms with E-state index in [1.807, 2.05) is 59.5 Å². The molecule has 5 rings (SSSR count). The Hall–Kier alpha value is -5.19. The molecule has 48 heavy (non-hydrogen) atoms. The minimum absolute atomic E-state index is 0.0293. The molecule has 2 heterocycles. The maximum atomic E-state index is 13.6. The second-order valence-electron chi connectivity index (χ2n) is 12.4. The summed E-state index contributed by atoms with van der Waals surface area (Å²) in [5.74, 6) is -1.06. The number of rotatable bonds is 7. The number of hydrogen-bond acceptors (Lipinski definition) is 6. The lowest BCUT2D eigenvalue weighted by atomic mass is 10.1. The van der Waals surface area contributed by atoms with E-state index >= 15 is 0 Å². The van der Waals surface area contributed by atoms with Crippen LogP contribution in [0.5, 0.6) is 5.75 Å². The summed E-state index contributed by atoms with van der Waals surface area (Å²) in [5, 5.41) is 5.73. The third kappa shape index (κ3) is 8.99. The number of likely N-dealkylation sites (N-methyl/N-ethyl adjacent to an activating group) is 2. The van der Waals surface area contributed by atoms with Crippen LogP contribution in [0.3, 0.4) is 0 Å². The van der Waals surface area contributed by atoms with Crippen molar-refractivity contribution in [2.75, 3.05) is 33.8 Å². The Bertz CT molecular complexity index is 1630. The van der Waals surface area contributed by atoms with E-state index < -0.39 is 17.9 Å². The van der Waals surface area contributed by atoms with Gasteiger partial charge in [-0.2, -0.15) is 0 Å². The molecule has 5 amide bonds. The highest BCUT2D eigenvalue weighted by atomic mass is 16.5. The van der Waals surface area contributed by atoms with Crippen LogP contribution in [0.2, 0.25) is 0 Å². The van der Waals surface area contributed by atoms with Crippen molar-refractivity contribution >= 4 is 29.5 Å². The predicted molar refractivity (Wildman–Crippen MR) is 180 cm³/mol. The van der Waals surface area contributed by atoms with Crippen molar-refractivity contribution in [3.05, 3.63) is 101 Å². The van der Waals surface area contributed by atoms with Crippen LogP contribution in [0.4, 0.5) is 0 Å². The van der Waals surface area contributed by atoms with E-state index in [1.165, 1.54) is 4.90 Å². The Labute approximate surface area is 281 Å². The van der Waals surface area contributed by atoms with Crippen molar-refractivity contribution in [1.29, 1.82) is 0 Å². The lowest BCUT2D eigenvalue weighted by Crippen LogP contribution is -2.48. The van der Waals surface area contributed by atoms with Crippen LogP contribution in [0.25, 0.3) is 0 Å². The normalized spacial score (nSPS) is 19.6. The molecule has 0 saturated carbocycles. The Balaban J connectivity index is 1.32. The van der Waals surface area contributed by atoms with E-state index in [-0.39, 0.29) is 61.9 Å². The molecule has 1 saturated heterocycles. The average Bonchev–Trinajstić information content (AvgIpc) is 3.50. The molecule has 252 valence electrons. The van der Waals surface area contributed by atoms with Crippen molar-refractivity contribution in [2.45, 2.75) is 57.3 Å². The number of likely N-dealkylation sites (tertiary alicyclic amines) is 1. The maximum absolute atomic E-state index is 13.6. The number of ether oxygens (including phenoxy) is 1. The first-order valence-electron chi connectivity index (χ1n) is 16.4.